The van der Waals surface area contributed by atoms with Gasteiger partial charge in [-0.3, -0.25) is 0 Å². The monoisotopic (exact) mass is 199 g/mol. The van der Waals surface area contributed by atoms with Crippen LogP contribution >= 0.6 is 34.8 Å². The average molecular weight is 200 g/mol. The number of hydrogen-bond donors (Lipinski definition) is 0. The molecule has 0 spiro atoms. The first kappa shape index (κ1) is 9.88. The molecular weight excluding hydrogens is 196 g/mol. The van der Waals surface area contributed by atoms with E-state index in [0.717, 1.165) is 0 Å². The Morgan fingerprint density at radius 3 is 1.10 bits per heavy atom. The Balaban J connectivity index is 0.000000180. The second-order valence-corrected chi connectivity index (χ2v) is 3.02. The van der Waals surface area contributed by atoms with E-state index in [-0.39, 0.29) is 0 Å². The lowest BCUT2D eigenvalue weighted by molar-refractivity contribution is 1.05. The van der Waals surface area contributed by atoms with Gasteiger partial charge in [0.15, 0.2) is 4.30 Å². The third-order valence-electron chi connectivity index (χ3n) is 0.400. The summed E-state index contributed by atoms with van der Waals surface area (Å²) in [6, 6.07) is 0. The van der Waals surface area contributed by atoms with Crippen LogP contribution in [0.15, 0.2) is 19.0 Å². The van der Waals surface area contributed by atoms with Gasteiger partial charge in [0.2, 0.25) is 0 Å². The zero-order valence-corrected chi connectivity index (χ0v) is 7.05. The summed E-state index contributed by atoms with van der Waals surface area (Å²) in [5, 5.41) is 0. The molecule has 0 atom stereocenters. The van der Waals surface area contributed by atoms with Crippen LogP contribution in [0.5, 0.6) is 0 Å². The molecule has 0 aliphatic carbocycles. The third-order valence-corrected chi connectivity index (χ3v) is 0.400. The van der Waals surface area contributed by atoms with Crippen molar-refractivity contribution in [3.05, 3.63) is 19.0 Å². The van der Waals surface area contributed by atoms with Crippen LogP contribution < -0.4 is 0 Å². The van der Waals surface area contributed by atoms with E-state index in [1.807, 2.05) is 0 Å². The summed E-state index contributed by atoms with van der Waals surface area (Å²) in [6.45, 7) is 0. The number of nitrogens with zero attached hydrogens (tertiary/aromatic N) is 3. The lowest BCUT2D eigenvalue weighted by atomic mass is 11.1. The molecule has 0 aliphatic rings. The van der Waals surface area contributed by atoms with Gasteiger partial charge in [0.05, 0.1) is 0 Å². The molecule has 0 fully saturated rings. The summed E-state index contributed by atoms with van der Waals surface area (Å²) in [7, 11) is 0. The molecule has 1 rings (SSSR count). The molecule has 1 aromatic heterocycles. The molecule has 0 aromatic carbocycles. The van der Waals surface area contributed by atoms with Crippen molar-refractivity contribution in [1.82, 2.24) is 15.0 Å². The summed E-state index contributed by atoms with van der Waals surface area (Å²) in [4.78, 5) is 10.7. The first-order chi connectivity index (χ1) is 4.73. The Hall–Kier alpha value is -0.120. The molecule has 0 unspecified atom stereocenters. The van der Waals surface area contributed by atoms with E-state index in [0.29, 0.717) is 0 Å². The van der Waals surface area contributed by atoms with Crippen LogP contribution in [0.1, 0.15) is 0 Å². The zero-order chi connectivity index (χ0) is 7.82. The van der Waals surface area contributed by atoms with Gasteiger partial charge in [-0.05, 0) is 0 Å². The van der Waals surface area contributed by atoms with Gasteiger partial charge in [0.25, 0.3) is 0 Å². The summed E-state index contributed by atoms with van der Waals surface area (Å²) in [6.07, 6.45) is 4.31. The minimum absolute atomic E-state index is 0.750. The van der Waals surface area contributed by atoms with E-state index in [1.54, 1.807) is 0 Å². The maximum atomic E-state index is 4.81. The van der Waals surface area contributed by atoms with Gasteiger partial charge in [0.1, 0.15) is 19.0 Å². The Kier molecular flexibility index (Phi) is 6.91. The Morgan fingerprint density at radius 2 is 1.00 bits per heavy atom. The van der Waals surface area contributed by atoms with E-state index >= 15 is 0 Å². The lowest BCUT2D eigenvalue weighted by Crippen LogP contribution is -1.73. The summed E-state index contributed by atoms with van der Waals surface area (Å²) in [5.74, 6) is 0. The maximum absolute atomic E-state index is 4.81. The molecule has 0 N–H and O–H groups in total. The third kappa shape index (κ3) is 10.8. The number of rotatable bonds is 0. The average Bonchev–Trinajstić information content (AvgIpc) is 1.90. The van der Waals surface area contributed by atoms with Crippen LogP contribution in [0.2, 0.25) is 0 Å². The SMILES string of the molecule is ClC(Cl)Cl.c1ncncn1. The van der Waals surface area contributed by atoms with Crippen molar-refractivity contribution < 1.29 is 0 Å². The minimum atomic E-state index is -0.750. The molecule has 0 amide bonds. The number of aromatic nitrogens is 3. The second-order valence-electron chi connectivity index (χ2n) is 1.04. The first-order valence-electron chi connectivity index (χ1n) is 2.20. The fourth-order valence-corrected chi connectivity index (χ4v) is 0.205. The highest BCUT2D eigenvalue weighted by Gasteiger charge is 1.78. The van der Waals surface area contributed by atoms with Crippen molar-refractivity contribution >= 4 is 34.8 Å². The summed E-state index contributed by atoms with van der Waals surface area (Å²) >= 11 is 14.4. The van der Waals surface area contributed by atoms with E-state index in [2.05, 4.69) is 15.0 Å². The fraction of sp³-hybridized carbons (Fsp3) is 0.250. The highest BCUT2D eigenvalue weighted by atomic mass is 35.6. The van der Waals surface area contributed by atoms with Crippen LogP contribution in [0.4, 0.5) is 0 Å². The second kappa shape index (κ2) is 6.99. The van der Waals surface area contributed by atoms with Crippen LogP contribution in [0.25, 0.3) is 0 Å². The topological polar surface area (TPSA) is 38.7 Å². The molecule has 1 aromatic rings. The van der Waals surface area contributed by atoms with Crippen LogP contribution in [-0.2, 0) is 0 Å². The quantitative estimate of drug-likeness (QED) is 0.600. The standard InChI is InChI=1S/C3H3N3.CHCl3/c1-4-2-6-3-5-1;2-1(3)4/h1-3H;1H. The summed E-state index contributed by atoms with van der Waals surface area (Å²) in [5.41, 5.74) is 0. The van der Waals surface area contributed by atoms with E-state index in [9.17, 15) is 0 Å². The minimum Gasteiger partial charge on any atom is -0.225 e. The Labute approximate surface area is 73.4 Å². The molecular formula is C4H4Cl3N3. The lowest BCUT2D eigenvalue weighted by Gasteiger charge is -1.69. The van der Waals surface area contributed by atoms with Crippen LogP contribution in [-0.4, -0.2) is 19.2 Å². The molecule has 0 aliphatic heterocycles. The number of hydrogen-bond acceptors (Lipinski definition) is 3. The van der Waals surface area contributed by atoms with Gasteiger partial charge in [0, 0.05) is 0 Å². The largest absolute Gasteiger partial charge is 0.225 e. The Morgan fingerprint density at radius 1 is 0.800 bits per heavy atom. The Bertz CT molecular complexity index is 116. The molecule has 0 saturated heterocycles. The number of alkyl halides is 3. The first-order valence-corrected chi connectivity index (χ1v) is 3.51. The molecule has 0 radical (unpaired) electrons. The van der Waals surface area contributed by atoms with E-state index < -0.39 is 4.30 Å². The molecule has 0 bridgehead atoms. The predicted molar refractivity (Wildman–Crippen MR) is 41.2 cm³/mol. The molecule has 6 heteroatoms. The van der Waals surface area contributed by atoms with Crippen LogP contribution in [0.3, 0.4) is 0 Å². The van der Waals surface area contributed by atoms with Gasteiger partial charge in [-0.1, -0.05) is 34.8 Å². The highest BCUT2D eigenvalue weighted by molar-refractivity contribution is 6.63. The highest BCUT2D eigenvalue weighted by Crippen LogP contribution is 2.03. The van der Waals surface area contributed by atoms with Gasteiger partial charge >= 0.3 is 0 Å². The van der Waals surface area contributed by atoms with Gasteiger partial charge in [-0.25, -0.2) is 15.0 Å². The van der Waals surface area contributed by atoms with E-state index in [1.165, 1.54) is 19.0 Å². The van der Waals surface area contributed by atoms with Crippen molar-refractivity contribution in [2.75, 3.05) is 0 Å². The van der Waals surface area contributed by atoms with Gasteiger partial charge in [-0.15, -0.1) is 0 Å². The summed E-state index contributed by atoms with van der Waals surface area (Å²) < 4.78 is -0.750. The molecule has 3 nitrogen and oxygen atoms in total. The molecule has 0 saturated carbocycles. The smallest absolute Gasteiger partial charge is 0.180 e. The zero-order valence-electron chi connectivity index (χ0n) is 4.78. The molecule has 56 valence electrons. The van der Waals surface area contributed by atoms with Crippen molar-refractivity contribution in [1.29, 1.82) is 0 Å². The van der Waals surface area contributed by atoms with Gasteiger partial charge in [-0.2, -0.15) is 0 Å². The molecule has 10 heavy (non-hydrogen) atoms. The molecule has 1 heterocycles. The van der Waals surface area contributed by atoms with Crippen LogP contribution in [0, 0.1) is 0 Å². The maximum Gasteiger partial charge on any atom is 0.180 e. The van der Waals surface area contributed by atoms with E-state index in [4.69, 9.17) is 34.8 Å². The van der Waals surface area contributed by atoms with Crippen molar-refractivity contribution in [3.63, 3.8) is 0 Å². The normalized spacial score (nSPS) is 8.40. The van der Waals surface area contributed by atoms with Gasteiger partial charge < -0.3 is 0 Å². The number of halogens is 3. The van der Waals surface area contributed by atoms with Crippen molar-refractivity contribution in [2.45, 2.75) is 4.30 Å². The van der Waals surface area contributed by atoms with Crippen molar-refractivity contribution in [3.8, 4) is 0 Å². The van der Waals surface area contributed by atoms with Crippen molar-refractivity contribution in [2.24, 2.45) is 0 Å². The fourth-order valence-electron chi connectivity index (χ4n) is 0.205. The predicted octanol–water partition coefficient (Wildman–Crippen LogP) is 1.86.